The van der Waals surface area contributed by atoms with Crippen LogP contribution < -0.4 is 0 Å². The third kappa shape index (κ3) is 1.95. The van der Waals surface area contributed by atoms with E-state index in [1.54, 1.807) is 13.8 Å². The highest BCUT2D eigenvalue weighted by atomic mass is 16.3. The van der Waals surface area contributed by atoms with E-state index in [-0.39, 0.29) is 5.92 Å². The summed E-state index contributed by atoms with van der Waals surface area (Å²) in [6.45, 7) is 7.00. The summed E-state index contributed by atoms with van der Waals surface area (Å²) < 4.78 is 0. The van der Waals surface area contributed by atoms with Gasteiger partial charge in [-0.1, -0.05) is 13.8 Å². The zero-order valence-electron chi connectivity index (χ0n) is 6.55. The van der Waals surface area contributed by atoms with Gasteiger partial charge in [0.15, 0.2) is 0 Å². The monoisotopic (exact) mass is 132 g/mol. The molecule has 2 nitrogen and oxygen atoms in total. The molecule has 0 radical (unpaired) electrons. The predicted molar refractivity (Wildman–Crippen MR) is 37.1 cm³/mol. The van der Waals surface area contributed by atoms with Crippen molar-refractivity contribution in [1.29, 1.82) is 0 Å². The minimum Gasteiger partial charge on any atom is -0.390 e. The number of rotatable bonds is 2. The fourth-order valence-corrected chi connectivity index (χ4v) is 0.482. The smallest absolute Gasteiger partial charge is 0.0897 e. The van der Waals surface area contributed by atoms with Crippen LogP contribution in [0.5, 0.6) is 0 Å². The van der Waals surface area contributed by atoms with E-state index in [2.05, 4.69) is 0 Å². The Morgan fingerprint density at radius 2 is 1.56 bits per heavy atom. The van der Waals surface area contributed by atoms with Crippen LogP contribution >= 0.6 is 0 Å². The second kappa shape index (κ2) is 2.67. The van der Waals surface area contributed by atoms with Crippen LogP contribution in [0.2, 0.25) is 0 Å². The Morgan fingerprint density at radius 1 is 1.22 bits per heavy atom. The average Bonchev–Trinajstić information content (AvgIpc) is 1.65. The molecule has 2 N–H and O–H groups in total. The van der Waals surface area contributed by atoms with Crippen LogP contribution in [0.25, 0.3) is 0 Å². The Bertz CT molecular complexity index is 74.9. The summed E-state index contributed by atoms with van der Waals surface area (Å²) in [5.74, 6) is 0.0949. The van der Waals surface area contributed by atoms with Crippen molar-refractivity contribution in [2.24, 2.45) is 5.92 Å². The third-order valence-electron chi connectivity index (χ3n) is 2.01. The van der Waals surface area contributed by atoms with Crippen LogP contribution in [0.1, 0.15) is 27.7 Å². The Balaban J connectivity index is 4.01. The molecule has 2 atom stereocenters. The van der Waals surface area contributed by atoms with Crippen molar-refractivity contribution in [2.45, 2.75) is 39.4 Å². The van der Waals surface area contributed by atoms with Gasteiger partial charge in [-0.25, -0.2) is 0 Å². The first-order chi connectivity index (χ1) is 3.89. The van der Waals surface area contributed by atoms with Gasteiger partial charge in [0, 0.05) is 0 Å². The van der Waals surface area contributed by atoms with E-state index in [0.717, 1.165) is 0 Å². The molecule has 0 unspecified atom stereocenters. The molecule has 0 rings (SSSR count). The first-order valence-electron chi connectivity index (χ1n) is 3.29. The minimum absolute atomic E-state index is 0.0949. The van der Waals surface area contributed by atoms with Gasteiger partial charge in [-0.15, -0.1) is 0 Å². The van der Waals surface area contributed by atoms with E-state index in [1.807, 2.05) is 13.8 Å². The van der Waals surface area contributed by atoms with Crippen molar-refractivity contribution >= 4 is 0 Å². The first kappa shape index (κ1) is 8.92. The normalized spacial score (nSPS) is 21.7. The fraction of sp³-hybridized carbons (Fsp3) is 1.00. The van der Waals surface area contributed by atoms with E-state index in [1.165, 1.54) is 0 Å². The summed E-state index contributed by atoms with van der Waals surface area (Å²) >= 11 is 0. The maximum Gasteiger partial charge on any atom is 0.0897 e. The molecule has 0 bridgehead atoms. The summed E-state index contributed by atoms with van der Waals surface area (Å²) in [4.78, 5) is 0. The Hall–Kier alpha value is -0.0800. The molecule has 9 heavy (non-hydrogen) atoms. The fourth-order valence-electron chi connectivity index (χ4n) is 0.482. The van der Waals surface area contributed by atoms with Crippen molar-refractivity contribution in [3.8, 4) is 0 Å². The van der Waals surface area contributed by atoms with Gasteiger partial charge in [-0.05, 0) is 19.8 Å². The molecule has 0 spiro atoms. The minimum atomic E-state index is -0.944. The molecule has 2 heteroatoms. The molecule has 0 fully saturated rings. The molecule has 0 aliphatic heterocycles. The van der Waals surface area contributed by atoms with Crippen LogP contribution in [0, 0.1) is 5.92 Å². The van der Waals surface area contributed by atoms with Gasteiger partial charge in [-0.3, -0.25) is 0 Å². The van der Waals surface area contributed by atoms with Crippen LogP contribution in [0.3, 0.4) is 0 Å². The van der Waals surface area contributed by atoms with Gasteiger partial charge in [0.25, 0.3) is 0 Å². The lowest BCUT2D eigenvalue weighted by atomic mass is 9.88. The summed E-state index contributed by atoms with van der Waals surface area (Å²) in [6.07, 6.45) is -0.655. The van der Waals surface area contributed by atoms with Crippen LogP contribution in [-0.4, -0.2) is 21.9 Å². The molecule has 0 aromatic heterocycles. The molecule has 0 aliphatic rings. The third-order valence-corrected chi connectivity index (χ3v) is 2.01. The first-order valence-corrected chi connectivity index (χ1v) is 3.29. The van der Waals surface area contributed by atoms with Gasteiger partial charge >= 0.3 is 0 Å². The molecule has 0 saturated carbocycles. The highest BCUT2D eigenvalue weighted by Crippen LogP contribution is 2.19. The Morgan fingerprint density at radius 3 is 1.56 bits per heavy atom. The standard InChI is InChI=1S/C7H16O2/c1-5(2)7(4,9)6(3)8/h5-6,8-9H,1-4H3/t6-,7+/m1/s1. The molecule has 56 valence electrons. The zero-order valence-corrected chi connectivity index (χ0v) is 6.55. The molecule has 0 amide bonds. The second-order valence-electron chi connectivity index (χ2n) is 3.06. The largest absolute Gasteiger partial charge is 0.390 e. The Labute approximate surface area is 56.5 Å². The van der Waals surface area contributed by atoms with E-state index < -0.39 is 11.7 Å². The van der Waals surface area contributed by atoms with Gasteiger partial charge in [-0.2, -0.15) is 0 Å². The number of aliphatic hydroxyl groups excluding tert-OH is 1. The lowest BCUT2D eigenvalue weighted by Crippen LogP contribution is -2.42. The maximum absolute atomic E-state index is 9.42. The van der Waals surface area contributed by atoms with Crippen molar-refractivity contribution in [3.05, 3.63) is 0 Å². The topological polar surface area (TPSA) is 40.5 Å². The summed E-state index contributed by atoms with van der Waals surface area (Å²) in [6, 6.07) is 0. The molecular weight excluding hydrogens is 116 g/mol. The van der Waals surface area contributed by atoms with Gasteiger partial charge < -0.3 is 10.2 Å². The van der Waals surface area contributed by atoms with Crippen LogP contribution in [-0.2, 0) is 0 Å². The quantitative estimate of drug-likeness (QED) is 0.582. The summed E-state index contributed by atoms with van der Waals surface area (Å²) in [7, 11) is 0. The summed E-state index contributed by atoms with van der Waals surface area (Å²) in [5.41, 5.74) is -0.944. The number of hydrogen-bond acceptors (Lipinski definition) is 2. The molecular formula is C7H16O2. The van der Waals surface area contributed by atoms with Crippen molar-refractivity contribution in [3.63, 3.8) is 0 Å². The highest BCUT2D eigenvalue weighted by molar-refractivity contribution is 4.81. The zero-order chi connectivity index (χ0) is 7.65. The van der Waals surface area contributed by atoms with Crippen molar-refractivity contribution < 1.29 is 10.2 Å². The van der Waals surface area contributed by atoms with E-state index in [4.69, 9.17) is 5.11 Å². The second-order valence-corrected chi connectivity index (χ2v) is 3.06. The highest BCUT2D eigenvalue weighted by Gasteiger charge is 2.29. The summed E-state index contributed by atoms with van der Waals surface area (Å²) in [5, 5.41) is 18.4. The average molecular weight is 132 g/mol. The SMILES string of the molecule is CC(C)[C@](C)(O)[C@@H](C)O. The Kier molecular flexibility index (Phi) is 2.65. The van der Waals surface area contributed by atoms with Crippen molar-refractivity contribution in [1.82, 2.24) is 0 Å². The van der Waals surface area contributed by atoms with Crippen LogP contribution in [0.4, 0.5) is 0 Å². The van der Waals surface area contributed by atoms with Gasteiger partial charge in [0.1, 0.15) is 0 Å². The maximum atomic E-state index is 9.42. The lowest BCUT2D eigenvalue weighted by Gasteiger charge is -2.30. The van der Waals surface area contributed by atoms with E-state index in [0.29, 0.717) is 0 Å². The lowest BCUT2D eigenvalue weighted by molar-refractivity contribution is -0.0831. The predicted octanol–water partition coefficient (Wildman–Crippen LogP) is 0.774. The number of hydrogen-bond donors (Lipinski definition) is 2. The number of aliphatic hydroxyl groups is 2. The molecule has 0 aromatic carbocycles. The molecule has 0 heterocycles. The van der Waals surface area contributed by atoms with E-state index >= 15 is 0 Å². The van der Waals surface area contributed by atoms with Crippen LogP contribution in [0.15, 0.2) is 0 Å². The molecule has 0 saturated heterocycles. The molecule has 0 aromatic rings. The van der Waals surface area contributed by atoms with E-state index in [9.17, 15) is 5.11 Å². The van der Waals surface area contributed by atoms with Gasteiger partial charge in [0.05, 0.1) is 11.7 Å². The molecule has 0 aliphatic carbocycles. The van der Waals surface area contributed by atoms with Gasteiger partial charge in [0.2, 0.25) is 0 Å². The van der Waals surface area contributed by atoms with Crippen molar-refractivity contribution in [2.75, 3.05) is 0 Å².